The second kappa shape index (κ2) is 7.90. The van der Waals surface area contributed by atoms with Crippen molar-refractivity contribution in [3.8, 4) is 11.5 Å². The first-order valence-electron chi connectivity index (χ1n) is 9.70. The van der Waals surface area contributed by atoms with Crippen LogP contribution in [0.25, 0.3) is 6.08 Å². The van der Waals surface area contributed by atoms with E-state index < -0.39 is 0 Å². The Morgan fingerprint density at radius 3 is 2.93 bits per heavy atom. The van der Waals surface area contributed by atoms with E-state index in [2.05, 4.69) is 17.0 Å². The molecule has 146 valence electrons. The zero-order valence-electron chi connectivity index (χ0n) is 16.1. The lowest BCUT2D eigenvalue weighted by molar-refractivity contribution is -0.140. The number of hydrogen-bond donors (Lipinski definition) is 0. The molecule has 6 heteroatoms. The molecule has 4 aliphatic heterocycles. The van der Waals surface area contributed by atoms with Crippen molar-refractivity contribution in [1.29, 1.82) is 0 Å². The first-order chi connectivity index (χ1) is 13.2. The molecule has 0 saturated carbocycles. The van der Waals surface area contributed by atoms with Crippen LogP contribution in [0.15, 0.2) is 23.8 Å². The van der Waals surface area contributed by atoms with E-state index in [1.807, 2.05) is 17.0 Å². The second-order valence-corrected chi connectivity index (χ2v) is 7.62. The molecule has 0 aromatic heterocycles. The molecule has 2 atom stereocenters. The number of piperidine rings is 1. The number of amides is 1. The third kappa shape index (κ3) is 3.69. The number of ether oxygens (including phenoxy) is 3. The Bertz CT molecular complexity index is 733. The van der Waals surface area contributed by atoms with E-state index in [-0.39, 0.29) is 5.92 Å². The fourth-order valence-corrected chi connectivity index (χ4v) is 4.51. The topological polar surface area (TPSA) is 51.2 Å². The Morgan fingerprint density at radius 2 is 2.11 bits per heavy atom. The fourth-order valence-electron chi connectivity index (χ4n) is 4.51. The van der Waals surface area contributed by atoms with E-state index >= 15 is 0 Å². The van der Waals surface area contributed by atoms with Gasteiger partial charge in [-0.15, -0.1) is 0 Å². The zero-order valence-corrected chi connectivity index (χ0v) is 16.1. The highest BCUT2D eigenvalue weighted by Crippen LogP contribution is 2.36. The van der Waals surface area contributed by atoms with Crippen LogP contribution in [0.4, 0.5) is 0 Å². The number of carbonyl (C=O) groups excluding carboxylic acids is 1. The Balaban J connectivity index is 1.47. The molecule has 0 N–H and O–H groups in total. The number of carbonyl (C=O) groups is 1. The van der Waals surface area contributed by atoms with Gasteiger partial charge in [0.05, 0.1) is 19.6 Å². The first-order valence-corrected chi connectivity index (χ1v) is 9.70. The summed E-state index contributed by atoms with van der Waals surface area (Å²) in [5.41, 5.74) is 2.30. The SMILES string of the molecule is COCCN1C(=O)[C@@H]2CC[C@H]1CN(CC1=Cc3cccc(OC)c3OC1)C2. The minimum atomic E-state index is 0.109. The number of benzene rings is 1. The Morgan fingerprint density at radius 1 is 1.22 bits per heavy atom. The first kappa shape index (κ1) is 18.3. The molecule has 0 aliphatic carbocycles. The summed E-state index contributed by atoms with van der Waals surface area (Å²) in [4.78, 5) is 17.2. The van der Waals surface area contributed by atoms with E-state index in [1.165, 1.54) is 5.57 Å². The van der Waals surface area contributed by atoms with Crippen LogP contribution in [0.1, 0.15) is 18.4 Å². The summed E-state index contributed by atoms with van der Waals surface area (Å²) in [6.07, 6.45) is 4.30. The summed E-state index contributed by atoms with van der Waals surface area (Å²) in [7, 11) is 3.35. The summed E-state index contributed by atoms with van der Waals surface area (Å²) in [6.45, 7) is 4.47. The van der Waals surface area contributed by atoms with Crippen LogP contribution < -0.4 is 9.47 Å². The van der Waals surface area contributed by atoms with Gasteiger partial charge in [0.2, 0.25) is 5.91 Å². The Labute approximate surface area is 160 Å². The minimum absolute atomic E-state index is 0.109. The van der Waals surface area contributed by atoms with Gasteiger partial charge < -0.3 is 19.1 Å². The molecule has 5 rings (SSSR count). The van der Waals surface area contributed by atoms with Crippen LogP contribution in [-0.2, 0) is 9.53 Å². The molecule has 2 bridgehead atoms. The fraction of sp³-hybridized carbons (Fsp3) is 0.571. The van der Waals surface area contributed by atoms with Crippen LogP contribution >= 0.6 is 0 Å². The van der Waals surface area contributed by atoms with Crippen molar-refractivity contribution in [2.75, 3.05) is 53.6 Å². The van der Waals surface area contributed by atoms with Crippen LogP contribution in [0.5, 0.6) is 11.5 Å². The summed E-state index contributed by atoms with van der Waals surface area (Å²) in [5, 5.41) is 0. The molecule has 6 nitrogen and oxygen atoms in total. The van der Waals surface area contributed by atoms with E-state index in [0.717, 1.165) is 49.5 Å². The van der Waals surface area contributed by atoms with Gasteiger partial charge in [0.1, 0.15) is 6.61 Å². The molecule has 27 heavy (non-hydrogen) atoms. The van der Waals surface area contributed by atoms with Crippen molar-refractivity contribution in [3.05, 3.63) is 29.3 Å². The highest BCUT2D eigenvalue weighted by atomic mass is 16.5. The Kier molecular flexibility index (Phi) is 5.36. The van der Waals surface area contributed by atoms with Crippen molar-refractivity contribution in [3.63, 3.8) is 0 Å². The molecule has 1 aromatic carbocycles. The van der Waals surface area contributed by atoms with Crippen molar-refractivity contribution in [2.24, 2.45) is 5.92 Å². The standard InChI is InChI=1S/C21H28N2O4/c1-25-9-8-23-18-7-6-17(21(23)24)12-22(13-18)11-15-10-16-4-3-5-19(26-2)20(16)27-14-15/h3-5,10,17-18H,6-9,11-14H2,1-2H3/t17-,18+/m1/s1. The van der Waals surface area contributed by atoms with Gasteiger partial charge in [0.15, 0.2) is 11.5 Å². The van der Waals surface area contributed by atoms with Gasteiger partial charge in [0.25, 0.3) is 0 Å². The van der Waals surface area contributed by atoms with E-state index in [1.54, 1.807) is 14.2 Å². The van der Waals surface area contributed by atoms with Gasteiger partial charge in [-0.05, 0) is 30.6 Å². The van der Waals surface area contributed by atoms with Gasteiger partial charge in [-0.1, -0.05) is 12.1 Å². The molecular weight excluding hydrogens is 344 g/mol. The number of hydrogen-bond acceptors (Lipinski definition) is 5. The van der Waals surface area contributed by atoms with Gasteiger partial charge in [0, 0.05) is 44.9 Å². The summed E-state index contributed by atoms with van der Waals surface area (Å²) < 4.78 is 16.6. The maximum absolute atomic E-state index is 12.8. The quantitative estimate of drug-likeness (QED) is 0.765. The summed E-state index contributed by atoms with van der Waals surface area (Å²) in [5.74, 6) is 2.00. The maximum Gasteiger partial charge on any atom is 0.227 e. The van der Waals surface area contributed by atoms with Crippen molar-refractivity contribution >= 4 is 12.0 Å². The lowest BCUT2D eigenvalue weighted by Crippen LogP contribution is -2.49. The van der Waals surface area contributed by atoms with E-state index in [4.69, 9.17) is 14.2 Å². The average Bonchev–Trinajstić information content (AvgIpc) is 2.96. The highest BCUT2D eigenvalue weighted by Gasteiger charge is 2.40. The molecular formula is C21H28N2O4. The molecule has 0 spiro atoms. The van der Waals surface area contributed by atoms with E-state index in [9.17, 15) is 4.79 Å². The molecule has 4 aliphatic rings. The van der Waals surface area contributed by atoms with Gasteiger partial charge >= 0.3 is 0 Å². The number of nitrogens with zero attached hydrogens (tertiary/aromatic N) is 2. The summed E-state index contributed by atoms with van der Waals surface area (Å²) >= 11 is 0. The highest BCUT2D eigenvalue weighted by molar-refractivity contribution is 5.80. The smallest absolute Gasteiger partial charge is 0.227 e. The molecule has 0 radical (unpaired) electrons. The third-order valence-electron chi connectivity index (χ3n) is 5.82. The molecule has 1 amide bonds. The molecule has 4 heterocycles. The second-order valence-electron chi connectivity index (χ2n) is 7.62. The predicted octanol–water partition coefficient (Wildman–Crippen LogP) is 2.04. The number of rotatable bonds is 6. The van der Waals surface area contributed by atoms with Gasteiger partial charge in [-0.3, -0.25) is 9.69 Å². The van der Waals surface area contributed by atoms with Crippen molar-refractivity contribution in [2.45, 2.75) is 18.9 Å². The molecule has 3 saturated heterocycles. The van der Waals surface area contributed by atoms with Crippen LogP contribution in [0.3, 0.4) is 0 Å². The average molecular weight is 372 g/mol. The number of fused-ring (bicyclic) bond motifs is 5. The molecule has 1 aromatic rings. The number of para-hydroxylation sites is 1. The van der Waals surface area contributed by atoms with Crippen LogP contribution in [0.2, 0.25) is 0 Å². The molecule has 0 unspecified atom stereocenters. The normalized spacial score (nSPS) is 24.9. The maximum atomic E-state index is 12.8. The largest absolute Gasteiger partial charge is 0.493 e. The lowest BCUT2D eigenvalue weighted by atomic mass is 9.94. The third-order valence-corrected chi connectivity index (χ3v) is 5.82. The lowest BCUT2D eigenvalue weighted by Gasteiger charge is -2.36. The van der Waals surface area contributed by atoms with Crippen molar-refractivity contribution < 1.29 is 19.0 Å². The minimum Gasteiger partial charge on any atom is -0.493 e. The van der Waals surface area contributed by atoms with Crippen LogP contribution in [-0.4, -0.2) is 75.4 Å². The van der Waals surface area contributed by atoms with Crippen molar-refractivity contribution in [1.82, 2.24) is 9.80 Å². The Hall–Kier alpha value is -2.05. The summed E-state index contributed by atoms with van der Waals surface area (Å²) in [6, 6.07) is 6.26. The van der Waals surface area contributed by atoms with Crippen LogP contribution in [0, 0.1) is 5.92 Å². The number of methoxy groups -OCH3 is 2. The zero-order chi connectivity index (χ0) is 18.8. The van der Waals surface area contributed by atoms with E-state index in [0.29, 0.717) is 31.7 Å². The predicted molar refractivity (Wildman–Crippen MR) is 103 cm³/mol. The van der Waals surface area contributed by atoms with Gasteiger partial charge in [-0.2, -0.15) is 0 Å². The molecule has 3 fully saturated rings. The monoisotopic (exact) mass is 372 g/mol. The van der Waals surface area contributed by atoms with Gasteiger partial charge in [-0.25, -0.2) is 0 Å².